The third kappa shape index (κ3) is 8.12. The molecule has 2 aliphatic carbocycles. The molecule has 0 bridgehead atoms. The summed E-state index contributed by atoms with van der Waals surface area (Å²) in [5.41, 5.74) is 1.35. The Morgan fingerprint density at radius 3 is 2.35 bits per heavy atom. The van der Waals surface area contributed by atoms with E-state index in [1.807, 2.05) is 18.2 Å². The van der Waals surface area contributed by atoms with E-state index in [-0.39, 0.29) is 41.4 Å². The number of halogens is 1. The number of rotatable bonds is 13. The first-order valence-corrected chi connectivity index (χ1v) is 20.7. The van der Waals surface area contributed by atoms with E-state index in [1.54, 1.807) is 24.3 Å². The van der Waals surface area contributed by atoms with Gasteiger partial charge in [-0.2, -0.15) is 0 Å². The maximum atomic E-state index is 15.1. The van der Waals surface area contributed by atoms with Gasteiger partial charge in [0.1, 0.15) is 5.82 Å². The first-order chi connectivity index (χ1) is 25.2. The van der Waals surface area contributed by atoms with Gasteiger partial charge in [0, 0.05) is 62.3 Å². The number of hydrogen-bond donors (Lipinski definition) is 2. The van der Waals surface area contributed by atoms with Crippen molar-refractivity contribution >= 4 is 27.5 Å². The molecule has 0 radical (unpaired) electrons. The molecule has 11 nitrogen and oxygen atoms in total. The number of carbonyl (C=O) groups is 2. The van der Waals surface area contributed by atoms with Crippen LogP contribution in [0.25, 0.3) is 0 Å². The van der Waals surface area contributed by atoms with Crippen LogP contribution in [0.3, 0.4) is 0 Å². The standard InChI is InChI=1S/C39H54FN5O6S/c1-50-38(47)42-36-7-3-6-35(36)39(30-4-2-5-31(40)22-30,27-41-37(46)26-44-18-20-51-21-19-44)29-14-16-43(17-15-29)23-28-24-45(25-28)32-8-10-33(11-9-32)52(48,49)34-12-13-34/h2,4-5,8-11,22,28-29,34-36H,3,6-7,12-21,23-27H2,1H3,(H,41,46)(H,42,47)/t35-,36-,39?/m0/s1. The number of anilines is 1. The number of sulfone groups is 1. The molecule has 2 aromatic rings. The molecular formula is C39H54FN5O6S. The van der Waals surface area contributed by atoms with Crippen LogP contribution < -0.4 is 15.5 Å². The number of ether oxygens (including phenoxy) is 2. The average Bonchev–Trinajstić information content (AvgIpc) is 3.91. The third-order valence-corrected chi connectivity index (χ3v) is 14.6. The largest absolute Gasteiger partial charge is 0.453 e. The highest BCUT2D eigenvalue weighted by Crippen LogP contribution is 2.50. The van der Waals surface area contributed by atoms with E-state index in [4.69, 9.17) is 9.47 Å². The van der Waals surface area contributed by atoms with Crippen molar-refractivity contribution in [3.05, 3.63) is 59.9 Å². The van der Waals surface area contributed by atoms with Crippen LogP contribution in [0.4, 0.5) is 14.9 Å². The lowest BCUT2D eigenvalue weighted by Gasteiger charge is -2.51. The molecule has 2 saturated carbocycles. The Morgan fingerprint density at radius 2 is 1.67 bits per heavy atom. The van der Waals surface area contributed by atoms with Crippen LogP contribution in [0.5, 0.6) is 0 Å². The third-order valence-electron chi connectivity index (χ3n) is 12.4. The van der Waals surface area contributed by atoms with Crippen LogP contribution in [-0.2, 0) is 29.5 Å². The number of hydrogen-bond acceptors (Lipinski definition) is 9. The van der Waals surface area contributed by atoms with Gasteiger partial charge in [-0.05, 0) is 105 Å². The first-order valence-electron chi connectivity index (χ1n) is 19.1. The van der Waals surface area contributed by atoms with Gasteiger partial charge < -0.3 is 29.9 Å². The number of nitrogens with one attached hydrogen (secondary N) is 2. The van der Waals surface area contributed by atoms with Crippen molar-refractivity contribution in [2.75, 3.05) is 84.1 Å². The van der Waals surface area contributed by atoms with Gasteiger partial charge in [-0.1, -0.05) is 18.6 Å². The van der Waals surface area contributed by atoms with E-state index in [0.29, 0.717) is 43.7 Å². The van der Waals surface area contributed by atoms with E-state index in [2.05, 4.69) is 25.3 Å². The lowest BCUT2D eigenvalue weighted by atomic mass is 9.58. The number of nitrogens with zero attached hydrogens (tertiary/aromatic N) is 3. The minimum atomic E-state index is -3.19. The molecule has 13 heteroatoms. The molecule has 284 valence electrons. The summed E-state index contributed by atoms with van der Waals surface area (Å²) in [6.45, 7) is 7.95. The number of benzene rings is 2. The van der Waals surface area contributed by atoms with Crippen LogP contribution in [0.1, 0.15) is 50.5 Å². The Bertz CT molecular complexity index is 1660. The monoisotopic (exact) mass is 739 g/mol. The second kappa shape index (κ2) is 16.0. The van der Waals surface area contributed by atoms with Gasteiger partial charge in [-0.3, -0.25) is 9.69 Å². The number of likely N-dealkylation sites (tertiary alicyclic amines) is 1. The second-order valence-corrected chi connectivity index (χ2v) is 17.8. The Balaban J connectivity index is 1.04. The quantitative estimate of drug-likeness (QED) is 0.316. The van der Waals surface area contributed by atoms with E-state index in [1.165, 1.54) is 13.2 Å². The van der Waals surface area contributed by atoms with Crippen LogP contribution >= 0.6 is 0 Å². The molecule has 2 aromatic carbocycles. The van der Waals surface area contributed by atoms with E-state index in [9.17, 15) is 18.0 Å². The number of alkyl carbamates (subject to hydrolysis) is 1. The fourth-order valence-electron chi connectivity index (χ4n) is 9.44. The smallest absolute Gasteiger partial charge is 0.407 e. The second-order valence-electron chi connectivity index (χ2n) is 15.6. The van der Waals surface area contributed by atoms with Gasteiger partial charge in [0.25, 0.3) is 0 Å². The molecule has 1 unspecified atom stereocenters. The maximum absolute atomic E-state index is 15.1. The van der Waals surface area contributed by atoms with Crippen molar-refractivity contribution in [2.24, 2.45) is 17.8 Å². The highest BCUT2D eigenvalue weighted by Gasteiger charge is 2.52. The molecule has 5 fully saturated rings. The number of piperidine rings is 1. The van der Waals surface area contributed by atoms with Crippen LogP contribution in [-0.4, -0.2) is 121 Å². The van der Waals surface area contributed by atoms with Gasteiger partial charge in [0.15, 0.2) is 9.84 Å². The first kappa shape index (κ1) is 37.1. The normalized spacial score (nSPS) is 24.9. The molecule has 3 aliphatic heterocycles. The fraction of sp³-hybridized carbons (Fsp3) is 0.641. The van der Waals surface area contributed by atoms with Gasteiger partial charge >= 0.3 is 6.09 Å². The van der Waals surface area contributed by atoms with E-state index >= 15 is 4.39 Å². The SMILES string of the molecule is COC(=O)N[C@H]1CCC[C@@H]1C(CNC(=O)CN1CCOCC1)(c1cccc(F)c1)C1CCN(CC2CN(c3ccc(S(=O)(=O)C4CC4)cc3)C2)CC1. The molecule has 3 atom stereocenters. The van der Waals surface area contributed by atoms with Crippen molar-refractivity contribution in [3.63, 3.8) is 0 Å². The zero-order chi connectivity index (χ0) is 36.3. The summed E-state index contributed by atoms with van der Waals surface area (Å²) in [5, 5.41) is 6.22. The summed E-state index contributed by atoms with van der Waals surface area (Å²) in [4.78, 5) is 33.4. The zero-order valence-electron chi connectivity index (χ0n) is 30.3. The average molecular weight is 740 g/mol. The number of carbonyl (C=O) groups excluding carboxylic acids is 2. The van der Waals surface area contributed by atoms with E-state index < -0.39 is 21.3 Å². The molecule has 52 heavy (non-hydrogen) atoms. The highest BCUT2D eigenvalue weighted by molar-refractivity contribution is 7.92. The predicted molar refractivity (Wildman–Crippen MR) is 197 cm³/mol. The van der Waals surface area contributed by atoms with Crippen LogP contribution in [0.2, 0.25) is 0 Å². The Labute approximate surface area is 307 Å². The van der Waals surface area contributed by atoms with Gasteiger partial charge in [-0.25, -0.2) is 17.6 Å². The van der Waals surface area contributed by atoms with Crippen molar-refractivity contribution in [3.8, 4) is 0 Å². The van der Waals surface area contributed by atoms with Crippen LogP contribution in [0, 0.1) is 23.6 Å². The minimum Gasteiger partial charge on any atom is -0.453 e. The molecule has 5 aliphatic rings. The minimum absolute atomic E-state index is 0.0144. The van der Waals surface area contributed by atoms with Crippen LogP contribution in [0.15, 0.2) is 53.4 Å². The maximum Gasteiger partial charge on any atom is 0.407 e. The van der Waals surface area contributed by atoms with Crippen molar-refractivity contribution in [1.29, 1.82) is 0 Å². The molecule has 3 saturated heterocycles. The molecular weight excluding hydrogens is 686 g/mol. The van der Waals surface area contributed by atoms with Gasteiger partial charge in [0.05, 0.1) is 37.0 Å². The number of morpholine rings is 1. The molecule has 3 heterocycles. The highest BCUT2D eigenvalue weighted by atomic mass is 32.2. The Kier molecular flexibility index (Phi) is 11.4. The predicted octanol–water partition coefficient (Wildman–Crippen LogP) is 3.82. The topological polar surface area (TPSA) is 121 Å². The Hall–Kier alpha value is -3.26. The van der Waals surface area contributed by atoms with Crippen molar-refractivity contribution in [2.45, 2.75) is 66.5 Å². The zero-order valence-corrected chi connectivity index (χ0v) is 31.1. The summed E-state index contributed by atoms with van der Waals surface area (Å²) < 4.78 is 50.8. The summed E-state index contributed by atoms with van der Waals surface area (Å²) in [5.74, 6) is 0.303. The fourth-order valence-corrected chi connectivity index (χ4v) is 11.1. The Morgan fingerprint density at radius 1 is 0.942 bits per heavy atom. The lowest BCUT2D eigenvalue weighted by Crippen LogP contribution is -2.59. The summed E-state index contributed by atoms with van der Waals surface area (Å²) >= 11 is 0. The van der Waals surface area contributed by atoms with Gasteiger partial charge in [-0.15, -0.1) is 0 Å². The lowest BCUT2D eigenvalue weighted by molar-refractivity contribution is -0.124. The van der Waals surface area contributed by atoms with Gasteiger partial charge in [0.2, 0.25) is 5.91 Å². The summed E-state index contributed by atoms with van der Waals surface area (Å²) in [7, 11) is -1.81. The number of amides is 2. The molecule has 7 rings (SSSR count). The molecule has 0 spiro atoms. The number of methoxy groups -OCH3 is 1. The van der Waals surface area contributed by atoms with Crippen molar-refractivity contribution < 1.29 is 31.9 Å². The molecule has 2 N–H and O–H groups in total. The summed E-state index contributed by atoms with van der Waals surface area (Å²) in [6.07, 6.45) is 5.43. The summed E-state index contributed by atoms with van der Waals surface area (Å²) in [6, 6.07) is 14.1. The molecule has 2 amide bonds. The van der Waals surface area contributed by atoms with Crippen molar-refractivity contribution in [1.82, 2.24) is 20.4 Å². The van der Waals surface area contributed by atoms with E-state index in [0.717, 1.165) is 88.9 Å². The molecule has 0 aromatic heterocycles.